The van der Waals surface area contributed by atoms with E-state index in [2.05, 4.69) is 5.32 Å². The van der Waals surface area contributed by atoms with E-state index in [9.17, 15) is 9.18 Å². The number of nitrogens with one attached hydrogen (secondary N) is 1. The number of methoxy groups -OCH3 is 1. The molecule has 0 saturated heterocycles. The topological polar surface area (TPSA) is 47.6 Å². The van der Waals surface area contributed by atoms with E-state index >= 15 is 0 Å². The highest BCUT2D eigenvalue weighted by atomic mass is 19.1. The van der Waals surface area contributed by atoms with Crippen LogP contribution in [0.4, 0.5) is 10.1 Å². The minimum absolute atomic E-state index is 0.0236. The Kier molecular flexibility index (Phi) is 4.57. The van der Waals surface area contributed by atoms with Gasteiger partial charge in [-0.2, -0.15) is 0 Å². The molecule has 0 aromatic heterocycles. The summed E-state index contributed by atoms with van der Waals surface area (Å²) in [5, 5.41) is 2.81. The van der Waals surface area contributed by atoms with Gasteiger partial charge >= 0.3 is 5.97 Å². The third-order valence-electron chi connectivity index (χ3n) is 1.89. The van der Waals surface area contributed by atoms with Crippen molar-refractivity contribution < 1.29 is 18.7 Å². The van der Waals surface area contributed by atoms with E-state index in [0.717, 1.165) is 0 Å². The first-order valence-corrected chi connectivity index (χ1v) is 4.90. The van der Waals surface area contributed by atoms with Gasteiger partial charge < -0.3 is 14.8 Å². The first-order valence-electron chi connectivity index (χ1n) is 4.90. The summed E-state index contributed by atoms with van der Waals surface area (Å²) in [7, 11) is 1.43. The van der Waals surface area contributed by atoms with Crippen molar-refractivity contribution in [1.29, 1.82) is 0 Å². The summed E-state index contributed by atoms with van der Waals surface area (Å²) in [4.78, 5) is 11.1. The van der Waals surface area contributed by atoms with E-state index in [-0.39, 0.29) is 12.5 Å². The number of carbonyl (C=O) groups excluding carboxylic acids is 1. The number of ether oxygens (including phenoxy) is 2. The molecule has 0 amide bonds. The molecule has 0 bridgehead atoms. The highest BCUT2D eigenvalue weighted by Crippen LogP contribution is 2.24. The zero-order valence-corrected chi connectivity index (χ0v) is 9.25. The van der Waals surface area contributed by atoms with Crippen molar-refractivity contribution >= 4 is 11.7 Å². The Morgan fingerprint density at radius 3 is 2.88 bits per heavy atom. The number of hydrogen-bond donors (Lipinski definition) is 1. The maximum absolute atomic E-state index is 12.9. The van der Waals surface area contributed by atoms with Crippen LogP contribution in [0.5, 0.6) is 5.75 Å². The van der Waals surface area contributed by atoms with Gasteiger partial charge in [0.1, 0.15) is 18.1 Å². The summed E-state index contributed by atoms with van der Waals surface area (Å²) in [6, 6.07) is 4.04. The molecule has 0 fully saturated rings. The smallest absolute Gasteiger partial charge is 0.325 e. The number of esters is 1. The van der Waals surface area contributed by atoms with E-state index in [1.807, 2.05) is 0 Å². The van der Waals surface area contributed by atoms with Gasteiger partial charge in [0.2, 0.25) is 0 Å². The van der Waals surface area contributed by atoms with Gasteiger partial charge in [0.25, 0.3) is 0 Å². The fraction of sp³-hybridized carbons (Fsp3) is 0.364. The lowest BCUT2D eigenvalue weighted by molar-refractivity contribution is -0.140. The van der Waals surface area contributed by atoms with Crippen molar-refractivity contribution in [2.45, 2.75) is 6.92 Å². The summed E-state index contributed by atoms with van der Waals surface area (Å²) < 4.78 is 22.6. The Balaban J connectivity index is 2.63. The number of rotatable bonds is 5. The fourth-order valence-electron chi connectivity index (χ4n) is 1.19. The van der Waals surface area contributed by atoms with Crippen LogP contribution in [0, 0.1) is 5.82 Å². The molecule has 0 radical (unpaired) electrons. The molecule has 0 saturated carbocycles. The standard InChI is InChI=1S/C11H14FNO3/c1-3-16-11(14)7-13-9-5-4-8(12)6-10(9)15-2/h4-6,13H,3,7H2,1-2H3. The molecule has 88 valence electrons. The highest BCUT2D eigenvalue weighted by molar-refractivity contribution is 5.75. The van der Waals surface area contributed by atoms with Gasteiger partial charge in [-0.15, -0.1) is 0 Å². The van der Waals surface area contributed by atoms with E-state index < -0.39 is 5.82 Å². The molecule has 16 heavy (non-hydrogen) atoms. The van der Waals surface area contributed by atoms with Crippen molar-refractivity contribution in [1.82, 2.24) is 0 Å². The van der Waals surface area contributed by atoms with E-state index in [4.69, 9.17) is 9.47 Å². The highest BCUT2D eigenvalue weighted by Gasteiger charge is 2.06. The third kappa shape index (κ3) is 3.42. The molecule has 0 heterocycles. The molecule has 4 nitrogen and oxygen atoms in total. The molecule has 1 aromatic rings. The van der Waals surface area contributed by atoms with Crippen molar-refractivity contribution in [2.24, 2.45) is 0 Å². The van der Waals surface area contributed by atoms with E-state index in [0.29, 0.717) is 18.0 Å². The lowest BCUT2D eigenvalue weighted by atomic mass is 10.3. The van der Waals surface area contributed by atoms with Gasteiger partial charge in [0, 0.05) is 6.07 Å². The minimum atomic E-state index is -0.390. The Bertz CT molecular complexity index is 368. The third-order valence-corrected chi connectivity index (χ3v) is 1.89. The van der Waals surface area contributed by atoms with Gasteiger partial charge in [-0.05, 0) is 19.1 Å². The average Bonchev–Trinajstić information content (AvgIpc) is 2.27. The van der Waals surface area contributed by atoms with Gasteiger partial charge in [-0.1, -0.05) is 0 Å². The molecule has 1 rings (SSSR count). The zero-order chi connectivity index (χ0) is 12.0. The Hall–Kier alpha value is -1.78. The second-order valence-corrected chi connectivity index (χ2v) is 3.00. The molecule has 0 atom stereocenters. The second kappa shape index (κ2) is 5.95. The summed E-state index contributed by atoms with van der Waals surface area (Å²) in [5.41, 5.74) is 0.553. The molecule has 1 aromatic carbocycles. The first kappa shape index (κ1) is 12.3. The van der Waals surface area contributed by atoms with Crippen LogP contribution in [0.25, 0.3) is 0 Å². The lowest BCUT2D eigenvalue weighted by Gasteiger charge is -2.10. The quantitative estimate of drug-likeness (QED) is 0.779. The summed E-state index contributed by atoms with van der Waals surface area (Å²) in [6.45, 7) is 2.09. The number of carbonyl (C=O) groups is 1. The van der Waals surface area contributed by atoms with Crippen LogP contribution in [0.2, 0.25) is 0 Å². The molecule has 0 unspecified atom stereocenters. The van der Waals surface area contributed by atoms with Crippen LogP contribution >= 0.6 is 0 Å². The van der Waals surface area contributed by atoms with Crippen molar-refractivity contribution in [3.05, 3.63) is 24.0 Å². The zero-order valence-electron chi connectivity index (χ0n) is 9.25. The second-order valence-electron chi connectivity index (χ2n) is 3.00. The van der Waals surface area contributed by atoms with Gasteiger partial charge in [-0.3, -0.25) is 4.79 Å². The van der Waals surface area contributed by atoms with Gasteiger partial charge in [0.05, 0.1) is 19.4 Å². The average molecular weight is 227 g/mol. The van der Waals surface area contributed by atoms with Crippen molar-refractivity contribution in [3.8, 4) is 5.75 Å². The summed E-state index contributed by atoms with van der Waals surface area (Å²) >= 11 is 0. The first-order chi connectivity index (χ1) is 7.67. The van der Waals surface area contributed by atoms with Crippen LogP contribution in [-0.2, 0) is 9.53 Å². The Morgan fingerprint density at radius 2 is 2.25 bits per heavy atom. The van der Waals surface area contributed by atoms with Crippen LogP contribution in [-0.4, -0.2) is 26.2 Å². The predicted octanol–water partition coefficient (Wildman–Crippen LogP) is 1.81. The molecule has 0 spiro atoms. The van der Waals surface area contributed by atoms with Crippen LogP contribution < -0.4 is 10.1 Å². The van der Waals surface area contributed by atoms with Crippen LogP contribution in [0.3, 0.4) is 0 Å². The molecular formula is C11H14FNO3. The largest absolute Gasteiger partial charge is 0.494 e. The predicted molar refractivity (Wildman–Crippen MR) is 58.1 cm³/mol. The maximum atomic E-state index is 12.9. The number of hydrogen-bond acceptors (Lipinski definition) is 4. The molecule has 5 heteroatoms. The molecule has 0 aliphatic heterocycles. The lowest BCUT2D eigenvalue weighted by Crippen LogP contribution is -2.17. The number of halogens is 1. The fourth-order valence-corrected chi connectivity index (χ4v) is 1.19. The monoisotopic (exact) mass is 227 g/mol. The van der Waals surface area contributed by atoms with E-state index in [1.54, 1.807) is 6.92 Å². The number of anilines is 1. The summed E-state index contributed by atoms with van der Waals surface area (Å²) in [6.07, 6.45) is 0. The maximum Gasteiger partial charge on any atom is 0.325 e. The van der Waals surface area contributed by atoms with E-state index in [1.165, 1.54) is 25.3 Å². The molecule has 0 aliphatic carbocycles. The van der Waals surface area contributed by atoms with Gasteiger partial charge in [0.15, 0.2) is 0 Å². The normalized spacial score (nSPS) is 9.69. The van der Waals surface area contributed by atoms with Crippen LogP contribution in [0.1, 0.15) is 6.92 Å². The summed E-state index contributed by atoms with van der Waals surface area (Å²) in [5.74, 6) is -0.406. The van der Waals surface area contributed by atoms with Gasteiger partial charge in [-0.25, -0.2) is 4.39 Å². The Morgan fingerprint density at radius 1 is 1.50 bits per heavy atom. The van der Waals surface area contributed by atoms with Crippen molar-refractivity contribution in [3.63, 3.8) is 0 Å². The molecule has 1 N–H and O–H groups in total. The Labute approximate surface area is 93.4 Å². The number of benzene rings is 1. The minimum Gasteiger partial charge on any atom is -0.494 e. The molecule has 0 aliphatic rings. The molecular weight excluding hydrogens is 213 g/mol. The van der Waals surface area contributed by atoms with Crippen molar-refractivity contribution in [2.75, 3.05) is 25.6 Å². The SMILES string of the molecule is CCOC(=O)CNc1ccc(F)cc1OC. The van der Waals surface area contributed by atoms with Crippen LogP contribution in [0.15, 0.2) is 18.2 Å².